The smallest absolute Gasteiger partial charge is 0.407 e. The van der Waals surface area contributed by atoms with Crippen molar-refractivity contribution in [3.63, 3.8) is 0 Å². The van der Waals surface area contributed by atoms with Crippen LogP contribution in [0.5, 0.6) is 0 Å². The van der Waals surface area contributed by atoms with Crippen molar-refractivity contribution < 1.29 is 14.8 Å². The number of fused-ring (bicyclic) bond motifs is 1. The maximum absolute atomic E-state index is 11.0. The van der Waals surface area contributed by atoms with Crippen molar-refractivity contribution in [2.45, 2.75) is 0 Å². The summed E-state index contributed by atoms with van der Waals surface area (Å²) in [6.07, 6.45) is 0.833. The molecule has 0 saturated carbocycles. The van der Waals surface area contributed by atoms with Gasteiger partial charge in [-0.05, 0) is 18.2 Å². The van der Waals surface area contributed by atoms with Gasteiger partial charge in [-0.25, -0.2) is 14.8 Å². The summed E-state index contributed by atoms with van der Waals surface area (Å²) in [6, 6.07) is 8.43. The van der Waals surface area contributed by atoms with Crippen LogP contribution in [0, 0.1) is 10.1 Å². The summed E-state index contributed by atoms with van der Waals surface area (Å²) in [7, 11) is 0. The van der Waals surface area contributed by atoms with Crippen molar-refractivity contribution in [2.24, 2.45) is 0 Å². The van der Waals surface area contributed by atoms with E-state index in [1.54, 1.807) is 12.3 Å². The van der Waals surface area contributed by atoms with E-state index in [1.807, 2.05) is 17.0 Å². The van der Waals surface area contributed by atoms with Crippen molar-refractivity contribution in [3.05, 3.63) is 46.6 Å². The normalized spacial score (nSPS) is 14.5. The molecular formula is C17H15N5O4S. The molecule has 1 aliphatic heterocycles. The number of piperazine rings is 1. The van der Waals surface area contributed by atoms with Gasteiger partial charge in [-0.1, -0.05) is 0 Å². The van der Waals surface area contributed by atoms with Gasteiger partial charge in [0.1, 0.15) is 10.8 Å². The summed E-state index contributed by atoms with van der Waals surface area (Å²) >= 11 is 1.39. The van der Waals surface area contributed by atoms with Gasteiger partial charge in [0, 0.05) is 50.1 Å². The van der Waals surface area contributed by atoms with E-state index < -0.39 is 11.0 Å². The quantitative estimate of drug-likeness (QED) is 0.544. The van der Waals surface area contributed by atoms with Crippen LogP contribution in [0.2, 0.25) is 0 Å². The molecule has 0 aliphatic carbocycles. The second-order valence-corrected chi connectivity index (χ2v) is 7.12. The summed E-state index contributed by atoms with van der Waals surface area (Å²) in [4.78, 5) is 33.9. The van der Waals surface area contributed by atoms with Crippen LogP contribution in [0.25, 0.3) is 20.8 Å². The number of nitro groups is 1. The van der Waals surface area contributed by atoms with Gasteiger partial charge in [0.2, 0.25) is 0 Å². The zero-order valence-electron chi connectivity index (χ0n) is 14.1. The first-order valence-electron chi connectivity index (χ1n) is 8.25. The number of rotatable bonds is 3. The summed E-state index contributed by atoms with van der Waals surface area (Å²) in [5, 5.41) is 20.7. The van der Waals surface area contributed by atoms with Crippen molar-refractivity contribution in [2.75, 3.05) is 31.1 Å². The maximum atomic E-state index is 11.0. The van der Waals surface area contributed by atoms with E-state index in [2.05, 4.69) is 9.97 Å². The summed E-state index contributed by atoms with van der Waals surface area (Å²) in [5.41, 5.74) is 1.60. The number of amides is 1. The molecule has 138 valence electrons. The summed E-state index contributed by atoms with van der Waals surface area (Å²) in [6.45, 7) is 2.11. The minimum Gasteiger partial charge on any atom is -0.465 e. The lowest BCUT2D eigenvalue weighted by molar-refractivity contribution is -0.384. The van der Waals surface area contributed by atoms with E-state index in [9.17, 15) is 14.9 Å². The molecule has 1 fully saturated rings. The van der Waals surface area contributed by atoms with E-state index in [-0.39, 0.29) is 5.69 Å². The average Bonchev–Trinajstić information content (AvgIpc) is 3.11. The molecule has 0 spiro atoms. The fourth-order valence-electron chi connectivity index (χ4n) is 2.98. The zero-order chi connectivity index (χ0) is 19.0. The zero-order valence-corrected chi connectivity index (χ0v) is 14.9. The lowest BCUT2D eigenvalue weighted by Crippen LogP contribution is -2.48. The van der Waals surface area contributed by atoms with Gasteiger partial charge in [-0.3, -0.25) is 10.1 Å². The van der Waals surface area contributed by atoms with Crippen LogP contribution in [0.4, 0.5) is 16.3 Å². The number of hydrogen-bond acceptors (Lipinski definition) is 7. The molecule has 1 saturated heterocycles. The third-order valence-electron chi connectivity index (χ3n) is 4.45. The topological polar surface area (TPSA) is 113 Å². The van der Waals surface area contributed by atoms with E-state index in [1.165, 1.54) is 28.4 Å². The first-order chi connectivity index (χ1) is 13.0. The number of aromatic nitrogens is 2. The molecule has 0 unspecified atom stereocenters. The minimum atomic E-state index is -0.894. The fourth-order valence-corrected chi connectivity index (χ4v) is 3.97. The first-order valence-corrected chi connectivity index (χ1v) is 9.07. The molecule has 0 atom stereocenters. The molecule has 0 radical (unpaired) electrons. The summed E-state index contributed by atoms with van der Waals surface area (Å²) in [5.74, 6) is 0.792. The molecule has 2 aromatic heterocycles. The van der Waals surface area contributed by atoms with Crippen LogP contribution in [-0.4, -0.2) is 57.2 Å². The Labute approximate surface area is 157 Å². The Hall–Kier alpha value is -3.27. The van der Waals surface area contributed by atoms with Crippen molar-refractivity contribution in [1.29, 1.82) is 0 Å². The van der Waals surface area contributed by atoms with E-state index in [0.29, 0.717) is 26.2 Å². The molecule has 1 aliphatic rings. The molecule has 3 heterocycles. The van der Waals surface area contributed by atoms with Crippen LogP contribution in [0.3, 0.4) is 0 Å². The Morgan fingerprint density at radius 3 is 2.59 bits per heavy atom. The molecule has 0 bridgehead atoms. The monoisotopic (exact) mass is 385 g/mol. The van der Waals surface area contributed by atoms with Gasteiger partial charge in [-0.15, -0.1) is 11.3 Å². The third kappa shape index (κ3) is 3.38. The number of hydrogen-bond donors (Lipinski definition) is 1. The molecule has 10 heteroatoms. The number of carboxylic acid groups (broad SMARTS) is 1. The largest absolute Gasteiger partial charge is 0.465 e. The predicted molar refractivity (Wildman–Crippen MR) is 101 cm³/mol. The van der Waals surface area contributed by atoms with Gasteiger partial charge < -0.3 is 14.9 Å². The fraction of sp³-hybridized carbons (Fsp3) is 0.235. The van der Waals surface area contributed by atoms with Crippen LogP contribution in [0.1, 0.15) is 0 Å². The van der Waals surface area contributed by atoms with Crippen LogP contribution in [0.15, 0.2) is 36.5 Å². The number of thiazole rings is 1. The van der Waals surface area contributed by atoms with Crippen LogP contribution < -0.4 is 4.90 Å². The van der Waals surface area contributed by atoms with Crippen molar-refractivity contribution in [1.82, 2.24) is 14.9 Å². The van der Waals surface area contributed by atoms with Gasteiger partial charge >= 0.3 is 6.09 Å². The Morgan fingerprint density at radius 1 is 1.19 bits per heavy atom. The standard InChI is InChI=1S/C17H15N5O4S/c23-17(24)21-7-5-20(6-8-21)15-4-1-11(10-18-15)16-19-13-3-2-12(22(25)26)9-14(13)27-16/h1-4,9-10H,5-8H2,(H,23,24). The number of pyridine rings is 1. The number of benzene rings is 1. The Balaban J connectivity index is 1.53. The minimum absolute atomic E-state index is 0.0478. The van der Waals surface area contributed by atoms with E-state index >= 15 is 0 Å². The molecule has 1 amide bonds. The number of carbonyl (C=O) groups is 1. The Kier molecular flexibility index (Phi) is 4.32. The highest BCUT2D eigenvalue weighted by atomic mass is 32.1. The van der Waals surface area contributed by atoms with Crippen molar-refractivity contribution in [3.8, 4) is 10.6 Å². The van der Waals surface area contributed by atoms with Gasteiger partial charge in [-0.2, -0.15) is 0 Å². The first kappa shape index (κ1) is 17.2. The van der Waals surface area contributed by atoms with Crippen LogP contribution in [-0.2, 0) is 0 Å². The molecule has 27 heavy (non-hydrogen) atoms. The number of anilines is 1. The molecule has 1 aromatic carbocycles. The van der Waals surface area contributed by atoms with Crippen molar-refractivity contribution >= 4 is 39.2 Å². The lowest BCUT2D eigenvalue weighted by atomic mass is 10.2. The molecule has 9 nitrogen and oxygen atoms in total. The Bertz CT molecular complexity index is 1010. The highest BCUT2D eigenvalue weighted by Gasteiger charge is 2.21. The molecular weight excluding hydrogens is 370 g/mol. The average molecular weight is 385 g/mol. The molecule has 3 aromatic rings. The maximum Gasteiger partial charge on any atom is 0.407 e. The van der Waals surface area contributed by atoms with Crippen LogP contribution >= 0.6 is 11.3 Å². The molecule has 1 N–H and O–H groups in total. The summed E-state index contributed by atoms with van der Waals surface area (Å²) < 4.78 is 0.757. The van der Waals surface area contributed by atoms with Gasteiger partial charge in [0.05, 0.1) is 15.1 Å². The molecule has 4 rings (SSSR count). The highest BCUT2D eigenvalue weighted by molar-refractivity contribution is 7.21. The Morgan fingerprint density at radius 2 is 1.96 bits per heavy atom. The lowest BCUT2D eigenvalue weighted by Gasteiger charge is -2.33. The van der Waals surface area contributed by atoms with Gasteiger partial charge in [0.25, 0.3) is 5.69 Å². The van der Waals surface area contributed by atoms with E-state index in [4.69, 9.17) is 5.11 Å². The second-order valence-electron chi connectivity index (χ2n) is 6.09. The predicted octanol–water partition coefficient (Wildman–Crippen LogP) is 3.07. The number of nitro benzene ring substituents is 1. The third-order valence-corrected chi connectivity index (χ3v) is 5.52. The number of non-ortho nitro benzene ring substituents is 1. The SMILES string of the molecule is O=C(O)N1CCN(c2ccc(-c3nc4ccc([N+](=O)[O-])cc4s3)cn2)CC1. The number of nitrogens with zero attached hydrogens (tertiary/aromatic N) is 5. The second kappa shape index (κ2) is 6.80. The van der Waals surface area contributed by atoms with E-state index in [0.717, 1.165) is 26.6 Å². The van der Waals surface area contributed by atoms with Gasteiger partial charge in [0.15, 0.2) is 0 Å². The highest BCUT2D eigenvalue weighted by Crippen LogP contribution is 2.32.